The molecule has 18 heavy (non-hydrogen) atoms. The first-order valence-corrected chi connectivity index (χ1v) is 7.91. The van der Waals surface area contributed by atoms with Crippen LogP contribution in [0.3, 0.4) is 0 Å². The molecule has 0 aliphatic heterocycles. The van der Waals surface area contributed by atoms with Gasteiger partial charge in [0.15, 0.2) is 15.6 Å². The number of halogens is 2. The summed E-state index contributed by atoms with van der Waals surface area (Å²) >= 11 is 3.11. The number of Topliss-reactive ketones (excluding diaryl/α,β-unsaturated/α-hetero) is 1. The van der Waals surface area contributed by atoms with Gasteiger partial charge in [0.2, 0.25) is 0 Å². The van der Waals surface area contributed by atoms with E-state index < -0.39 is 26.2 Å². The Hall–Kier alpha value is -0.750. The van der Waals surface area contributed by atoms with Crippen LogP contribution in [0, 0.1) is 5.82 Å². The highest BCUT2D eigenvalue weighted by Crippen LogP contribution is 2.21. The normalized spacial score (nSPS) is 12.5. The third-order valence-corrected chi connectivity index (χ3v) is 5.54. The number of benzene rings is 1. The summed E-state index contributed by atoms with van der Waals surface area (Å²) in [5.74, 6) is -1.05. The van der Waals surface area contributed by atoms with E-state index in [0.717, 1.165) is 6.26 Å². The summed E-state index contributed by atoms with van der Waals surface area (Å²) in [6.45, 7) is 2.67. The molecule has 1 aromatic carbocycles. The van der Waals surface area contributed by atoms with Gasteiger partial charge in [-0.2, -0.15) is 0 Å². The molecule has 1 rings (SSSR count). The van der Waals surface area contributed by atoms with E-state index in [2.05, 4.69) is 15.9 Å². The van der Waals surface area contributed by atoms with Gasteiger partial charge in [0, 0.05) is 17.1 Å². The van der Waals surface area contributed by atoms with Crippen molar-refractivity contribution in [1.29, 1.82) is 0 Å². The van der Waals surface area contributed by atoms with Gasteiger partial charge in [0.25, 0.3) is 0 Å². The molecule has 0 radical (unpaired) electrons. The monoisotopic (exact) mass is 336 g/mol. The highest BCUT2D eigenvalue weighted by atomic mass is 79.9. The fourth-order valence-electron chi connectivity index (χ4n) is 1.26. The Morgan fingerprint density at radius 3 is 2.39 bits per heavy atom. The van der Waals surface area contributed by atoms with Gasteiger partial charge in [-0.05, 0) is 31.5 Å². The Morgan fingerprint density at radius 2 is 1.94 bits per heavy atom. The van der Waals surface area contributed by atoms with Crippen LogP contribution in [-0.2, 0) is 21.1 Å². The molecule has 0 aliphatic rings. The van der Waals surface area contributed by atoms with Crippen LogP contribution in [0.1, 0.15) is 19.4 Å². The molecular formula is C12H14BrFO3S. The van der Waals surface area contributed by atoms with Crippen molar-refractivity contribution in [3.8, 4) is 0 Å². The maximum absolute atomic E-state index is 13.6. The Bertz CT molecular complexity index is 579. The Labute approximate surface area is 114 Å². The second-order valence-corrected chi connectivity index (χ2v) is 8.10. The molecule has 0 saturated heterocycles. The van der Waals surface area contributed by atoms with Crippen molar-refractivity contribution in [2.75, 3.05) is 6.26 Å². The first-order chi connectivity index (χ1) is 8.05. The third-order valence-electron chi connectivity index (χ3n) is 2.96. The zero-order valence-corrected chi connectivity index (χ0v) is 12.7. The highest BCUT2D eigenvalue weighted by molar-refractivity contribution is 9.10. The van der Waals surface area contributed by atoms with E-state index in [1.54, 1.807) is 6.07 Å². The first kappa shape index (κ1) is 15.3. The summed E-state index contributed by atoms with van der Waals surface area (Å²) in [5.41, 5.74) is 0.194. The minimum atomic E-state index is -3.52. The van der Waals surface area contributed by atoms with Crippen LogP contribution in [0.2, 0.25) is 0 Å². The molecule has 0 unspecified atom stereocenters. The van der Waals surface area contributed by atoms with Gasteiger partial charge >= 0.3 is 0 Å². The zero-order chi connectivity index (χ0) is 14.1. The lowest BCUT2D eigenvalue weighted by Crippen LogP contribution is -2.41. The lowest BCUT2D eigenvalue weighted by molar-refractivity contribution is -0.120. The second-order valence-electron chi connectivity index (χ2n) is 4.62. The van der Waals surface area contributed by atoms with Crippen molar-refractivity contribution >= 4 is 31.6 Å². The van der Waals surface area contributed by atoms with Crippen molar-refractivity contribution in [2.24, 2.45) is 0 Å². The zero-order valence-electron chi connectivity index (χ0n) is 10.3. The SMILES string of the molecule is CC(C)(C(=O)Cc1ccc(Br)cc1F)S(C)(=O)=O. The summed E-state index contributed by atoms with van der Waals surface area (Å²) in [4.78, 5) is 12.0. The molecule has 0 aliphatic carbocycles. The van der Waals surface area contributed by atoms with Crippen molar-refractivity contribution in [1.82, 2.24) is 0 Å². The van der Waals surface area contributed by atoms with Gasteiger partial charge in [-0.3, -0.25) is 4.79 Å². The molecule has 100 valence electrons. The maximum Gasteiger partial charge on any atom is 0.159 e. The van der Waals surface area contributed by atoms with Gasteiger partial charge < -0.3 is 0 Å². The van der Waals surface area contributed by atoms with E-state index in [1.807, 2.05) is 0 Å². The van der Waals surface area contributed by atoms with Gasteiger partial charge in [-0.15, -0.1) is 0 Å². The molecule has 0 saturated carbocycles. The number of carbonyl (C=O) groups is 1. The molecular weight excluding hydrogens is 323 g/mol. The predicted molar refractivity (Wildman–Crippen MR) is 71.7 cm³/mol. The fraction of sp³-hybridized carbons (Fsp3) is 0.417. The van der Waals surface area contributed by atoms with Crippen LogP contribution >= 0.6 is 15.9 Å². The van der Waals surface area contributed by atoms with Crippen molar-refractivity contribution < 1.29 is 17.6 Å². The van der Waals surface area contributed by atoms with Crippen molar-refractivity contribution in [3.63, 3.8) is 0 Å². The van der Waals surface area contributed by atoms with Crippen LogP contribution in [-0.4, -0.2) is 25.2 Å². The molecule has 0 fully saturated rings. The molecule has 0 heterocycles. The molecule has 0 aromatic heterocycles. The quantitative estimate of drug-likeness (QED) is 0.848. The molecule has 1 aromatic rings. The van der Waals surface area contributed by atoms with E-state index in [9.17, 15) is 17.6 Å². The largest absolute Gasteiger partial charge is 0.298 e. The maximum atomic E-state index is 13.6. The van der Waals surface area contributed by atoms with E-state index in [4.69, 9.17) is 0 Å². The van der Waals surface area contributed by atoms with E-state index in [0.29, 0.717) is 4.47 Å². The van der Waals surface area contributed by atoms with Crippen LogP contribution in [0.15, 0.2) is 22.7 Å². The predicted octanol–water partition coefficient (Wildman–Crippen LogP) is 2.52. The van der Waals surface area contributed by atoms with Gasteiger partial charge in [-0.1, -0.05) is 22.0 Å². The number of hydrogen-bond donors (Lipinski definition) is 0. The number of ketones is 1. The summed E-state index contributed by atoms with van der Waals surface area (Å²) < 4.78 is 35.6. The Morgan fingerprint density at radius 1 is 1.39 bits per heavy atom. The van der Waals surface area contributed by atoms with Crippen LogP contribution in [0.25, 0.3) is 0 Å². The van der Waals surface area contributed by atoms with Crippen LogP contribution < -0.4 is 0 Å². The summed E-state index contributed by atoms with van der Waals surface area (Å²) in [5, 5.41) is 0. The molecule has 0 amide bonds. The number of rotatable bonds is 4. The molecule has 0 atom stereocenters. The average Bonchev–Trinajstić information content (AvgIpc) is 2.20. The molecule has 0 spiro atoms. The van der Waals surface area contributed by atoms with E-state index >= 15 is 0 Å². The van der Waals surface area contributed by atoms with Gasteiger partial charge in [0.1, 0.15) is 10.6 Å². The Kier molecular flexibility index (Phi) is 4.33. The lowest BCUT2D eigenvalue weighted by Gasteiger charge is -2.20. The topological polar surface area (TPSA) is 51.2 Å². The number of hydrogen-bond acceptors (Lipinski definition) is 3. The van der Waals surface area contributed by atoms with E-state index in [1.165, 1.54) is 26.0 Å². The molecule has 0 bridgehead atoms. The second kappa shape index (κ2) is 5.09. The van der Waals surface area contributed by atoms with E-state index in [-0.39, 0.29) is 12.0 Å². The summed E-state index contributed by atoms with van der Waals surface area (Å²) in [6, 6.07) is 4.32. The summed E-state index contributed by atoms with van der Waals surface area (Å²) in [7, 11) is -3.52. The Balaban J connectivity index is 3.02. The van der Waals surface area contributed by atoms with Crippen molar-refractivity contribution in [3.05, 3.63) is 34.1 Å². The van der Waals surface area contributed by atoms with Crippen LogP contribution in [0.4, 0.5) is 4.39 Å². The standard InChI is InChI=1S/C12H14BrFO3S/c1-12(2,18(3,16)17)11(15)6-8-4-5-9(13)7-10(8)14/h4-5,7H,6H2,1-3H3. The molecule has 3 nitrogen and oxygen atoms in total. The van der Waals surface area contributed by atoms with Gasteiger partial charge in [-0.25, -0.2) is 12.8 Å². The lowest BCUT2D eigenvalue weighted by atomic mass is 10.00. The minimum Gasteiger partial charge on any atom is -0.298 e. The average molecular weight is 337 g/mol. The van der Waals surface area contributed by atoms with Crippen LogP contribution in [0.5, 0.6) is 0 Å². The van der Waals surface area contributed by atoms with Gasteiger partial charge in [0.05, 0.1) is 0 Å². The van der Waals surface area contributed by atoms with Crippen molar-refractivity contribution in [2.45, 2.75) is 25.0 Å². The smallest absolute Gasteiger partial charge is 0.159 e. The summed E-state index contributed by atoms with van der Waals surface area (Å²) in [6.07, 6.45) is 0.766. The first-order valence-electron chi connectivity index (χ1n) is 5.22. The molecule has 6 heteroatoms. The molecule has 0 N–H and O–H groups in total. The highest BCUT2D eigenvalue weighted by Gasteiger charge is 2.38. The number of carbonyl (C=O) groups excluding carboxylic acids is 1. The third kappa shape index (κ3) is 3.17. The number of sulfone groups is 1. The fourth-order valence-corrected chi connectivity index (χ4v) is 2.08. The minimum absolute atomic E-state index is 0.194.